The molecule has 0 amide bonds. The van der Waals surface area contributed by atoms with E-state index in [1.165, 1.54) is 166 Å². The molecule has 0 unspecified atom stereocenters. The van der Waals surface area contributed by atoms with Crippen LogP contribution in [0.1, 0.15) is 61.2 Å². The Morgan fingerprint density at radius 2 is 0.875 bits per heavy atom. The zero-order valence-electron chi connectivity index (χ0n) is 37.5. The fraction of sp³-hybridized carbons (Fsp3) is 0.161. The minimum Gasteiger partial charge on any atom is -0.0614 e. The summed E-state index contributed by atoms with van der Waals surface area (Å²) < 4.78 is 2.68. The van der Waals surface area contributed by atoms with Crippen LogP contribution in [-0.2, 0) is 19.3 Å². The summed E-state index contributed by atoms with van der Waals surface area (Å²) in [5.74, 6) is 0. The first-order chi connectivity index (χ1) is 31.0. The van der Waals surface area contributed by atoms with Crippen LogP contribution in [0, 0.1) is 55.6 Å². The van der Waals surface area contributed by atoms with Crippen molar-refractivity contribution < 1.29 is 0 Å². The highest BCUT2D eigenvalue weighted by Gasteiger charge is 2.25. The van der Waals surface area contributed by atoms with E-state index in [-0.39, 0.29) is 0 Å². The molecule has 12 aromatic carbocycles. The lowest BCUT2D eigenvalue weighted by Crippen LogP contribution is -2.03. The Balaban J connectivity index is 1.12. The molecular weight excluding hydrogens is 998 g/mol. The summed E-state index contributed by atoms with van der Waals surface area (Å²) >= 11 is 5.28. The zero-order valence-corrected chi connectivity index (χ0v) is 41.8. The Bertz CT molecular complexity index is 3950. The number of fused-ring (bicyclic) bond motifs is 4. The summed E-state index contributed by atoms with van der Waals surface area (Å²) in [6, 6.07) is 49.5. The second-order valence-corrected chi connectivity index (χ2v) is 21.1. The van der Waals surface area contributed by atoms with E-state index in [9.17, 15) is 0 Å². The second-order valence-electron chi connectivity index (χ2n) is 18.8. The average Bonchev–Trinajstić information content (AvgIpc) is 3.27. The van der Waals surface area contributed by atoms with Gasteiger partial charge in [0.25, 0.3) is 0 Å². The standard InChI is InChI=1S/C62H48I2/c1-32-12-8-16-43(38(32)7)44-17-9-13-33(2)42(44)26-27-47-52(63)30-40-15-11-19-49-57(40)60(47)48-18-10-14-39-28-37(6)51(61(49)56(39)48)29-41-31-53(64)55-36(5)21-24-46-45-23-20-34(3)54-35(4)22-25-50(59(45)54)58(41)62(46)55/h8-25,28,30-31H,26-27,29H2,1-7H3. The maximum Gasteiger partial charge on any atom is 0.0214 e. The predicted molar refractivity (Wildman–Crippen MR) is 296 cm³/mol. The summed E-state index contributed by atoms with van der Waals surface area (Å²) in [6.45, 7) is 16.0. The molecular formula is C62H48I2. The summed E-state index contributed by atoms with van der Waals surface area (Å²) in [5, 5.41) is 22.2. The fourth-order valence-corrected chi connectivity index (χ4v) is 14.0. The second kappa shape index (κ2) is 14.9. The van der Waals surface area contributed by atoms with Gasteiger partial charge in [-0.15, -0.1) is 0 Å². The van der Waals surface area contributed by atoms with Gasteiger partial charge in [0.2, 0.25) is 0 Å². The van der Waals surface area contributed by atoms with Gasteiger partial charge >= 0.3 is 0 Å². The van der Waals surface area contributed by atoms with E-state index >= 15 is 0 Å². The van der Waals surface area contributed by atoms with Crippen LogP contribution in [-0.4, -0.2) is 0 Å². The van der Waals surface area contributed by atoms with Crippen molar-refractivity contribution in [1.82, 2.24) is 0 Å². The summed E-state index contributed by atoms with van der Waals surface area (Å²) in [5.41, 5.74) is 18.0. The molecule has 310 valence electrons. The zero-order chi connectivity index (χ0) is 43.9. The van der Waals surface area contributed by atoms with E-state index in [2.05, 4.69) is 221 Å². The molecule has 0 fully saturated rings. The molecule has 0 aliphatic heterocycles. The van der Waals surface area contributed by atoms with Crippen molar-refractivity contribution in [3.8, 4) is 11.1 Å². The lowest BCUT2D eigenvalue weighted by atomic mass is 9.80. The van der Waals surface area contributed by atoms with Gasteiger partial charge in [-0.1, -0.05) is 115 Å². The van der Waals surface area contributed by atoms with Gasteiger partial charge < -0.3 is 0 Å². The van der Waals surface area contributed by atoms with E-state index < -0.39 is 0 Å². The van der Waals surface area contributed by atoms with Crippen LogP contribution in [0.15, 0.2) is 127 Å². The summed E-state index contributed by atoms with van der Waals surface area (Å²) in [6.07, 6.45) is 2.81. The van der Waals surface area contributed by atoms with Gasteiger partial charge in [0, 0.05) is 7.14 Å². The summed E-state index contributed by atoms with van der Waals surface area (Å²) in [7, 11) is 0. The highest BCUT2D eigenvalue weighted by atomic mass is 127. The number of halogens is 2. The van der Waals surface area contributed by atoms with Gasteiger partial charge in [-0.05, 0) is 284 Å². The predicted octanol–water partition coefficient (Wildman–Crippen LogP) is 18.2. The van der Waals surface area contributed by atoms with Gasteiger partial charge in [0.15, 0.2) is 0 Å². The van der Waals surface area contributed by atoms with Crippen LogP contribution >= 0.6 is 45.2 Å². The van der Waals surface area contributed by atoms with Crippen molar-refractivity contribution in [3.63, 3.8) is 0 Å². The summed E-state index contributed by atoms with van der Waals surface area (Å²) in [4.78, 5) is 0. The molecule has 64 heavy (non-hydrogen) atoms. The van der Waals surface area contributed by atoms with E-state index in [1.54, 1.807) is 0 Å². The number of aryl methyl sites for hydroxylation is 7. The Morgan fingerprint density at radius 3 is 1.58 bits per heavy atom. The topological polar surface area (TPSA) is 0 Å². The first-order valence-corrected chi connectivity index (χ1v) is 24.9. The first-order valence-electron chi connectivity index (χ1n) is 22.7. The van der Waals surface area contributed by atoms with Crippen LogP contribution < -0.4 is 0 Å². The third-order valence-corrected chi connectivity index (χ3v) is 17.0. The van der Waals surface area contributed by atoms with E-state index in [4.69, 9.17) is 0 Å². The van der Waals surface area contributed by atoms with Gasteiger partial charge in [0.1, 0.15) is 0 Å². The maximum atomic E-state index is 2.64. The molecule has 0 bridgehead atoms. The molecule has 0 atom stereocenters. The molecule has 0 spiro atoms. The van der Waals surface area contributed by atoms with Crippen LogP contribution in [0.4, 0.5) is 0 Å². The molecule has 0 aromatic heterocycles. The number of rotatable bonds is 6. The van der Waals surface area contributed by atoms with Crippen LogP contribution in [0.3, 0.4) is 0 Å². The minimum absolute atomic E-state index is 0.855. The third kappa shape index (κ3) is 5.76. The quantitative estimate of drug-likeness (QED) is 0.0884. The van der Waals surface area contributed by atoms with E-state index in [1.807, 2.05) is 0 Å². The van der Waals surface area contributed by atoms with Crippen molar-refractivity contribution in [2.24, 2.45) is 0 Å². The molecule has 2 heteroatoms. The van der Waals surface area contributed by atoms with Crippen molar-refractivity contribution in [3.05, 3.63) is 196 Å². The number of hydrogen-bond donors (Lipinski definition) is 0. The maximum absolute atomic E-state index is 2.64. The van der Waals surface area contributed by atoms with Crippen LogP contribution in [0.2, 0.25) is 0 Å². The normalized spacial score (nSPS) is 12.3. The van der Waals surface area contributed by atoms with Crippen molar-refractivity contribution in [2.45, 2.75) is 67.7 Å². The fourth-order valence-electron chi connectivity index (χ4n) is 12.1. The Hall–Kier alpha value is -5.30. The highest BCUT2D eigenvalue weighted by molar-refractivity contribution is 14.1. The SMILES string of the molecule is Cc1cccc(-c2cccc(C)c2CCc2c(I)cc3cccc4c5c(Cc6cc(I)c7c(C)ccc8c9ccc(C)c%10c(C)ccc(c6c78)c%109)c(C)cc6cccc(c2c34)c65)c1C. The van der Waals surface area contributed by atoms with Gasteiger partial charge in [-0.3, -0.25) is 0 Å². The molecule has 12 aromatic rings. The monoisotopic (exact) mass is 1050 g/mol. The molecule has 0 saturated heterocycles. The minimum atomic E-state index is 0.855. The highest BCUT2D eigenvalue weighted by Crippen LogP contribution is 2.49. The first kappa shape index (κ1) is 40.2. The smallest absolute Gasteiger partial charge is 0.0214 e. The van der Waals surface area contributed by atoms with Crippen LogP contribution in [0.5, 0.6) is 0 Å². The Labute approximate surface area is 402 Å². The lowest BCUT2D eigenvalue weighted by molar-refractivity contribution is 0.955. The Kier molecular flexibility index (Phi) is 9.35. The average molecular weight is 1050 g/mol. The molecule has 0 heterocycles. The Morgan fingerprint density at radius 1 is 0.328 bits per heavy atom. The molecule has 12 rings (SSSR count). The van der Waals surface area contributed by atoms with Crippen molar-refractivity contribution >= 4 is 131 Å². The third-order valence-electron chi connectivity index (χ3n) is 15.2. The van der Waals surface area contributed by atoms with Gasteiger partial charge in [-0.25, -0.2) is 0 Å². The van der Waals surface area contributed by atoms with Crippen LogP contribution in [0.25, 0.3) is 97.3 Å². The number of benzene rings is 12. The van der Waals surface area contributed by atoms with Gasteiger partial charge in [-0.2, -0.15) is 0 Å². The molecule has 0 radical (unpaired) electrons. The van der Waals surface area contributed by atoms with E-state index in [0.29, 0.717) is 0 Å². The van der Waals surface area contributed by atoms with Gasteiger partial charge in [0.05, 0.1) is 0 Å². The molecule has 0 aliphatic carbocycles. The van der Waals surface area contributed by atoms with Crippen molar-refractivity contribution in [1.29, 1.82) is 0 Å². The largest absolute Gasteiger partial charge is 0.0614 e. The number of hydrogen-bond acceptors (Lipinski definition) is 0. The van der Waals surface area contributed by atoms with E-state index in [0.717, 1.165) is 19.3 Å². The molecule has 0 saturated carbocycles. The van der Waals surface area contributed by atoms with Crippen molar-refractivity contribution in [2.75, 3.05) is 0 Å². The molecule has 0 N–H and O–H groups in total. The molecule has 0 aliphatic rings. The lowest BCUT2D eigenvalue weighted by Gasteiger charge is -2.24. The molecule has 0 nitrogen and oxygen atoms in total.